The second-order valence-corrected chi connectivity index (χ2v) is 8.42. The summed E-state index contributed by atoms with van der Waals surface area (Å²) in [7, 11) is 2.30. The number of likely N-dealkylation sites (N-methyl/N-ethyl adjacent to an activating group) is 1. The van der Waals surface area contributed by atoms with Crippen molar-refractivity contribution >= 4 is 0 Å². The third kappa shape index (κ3) is 4.73. The summed E-state index contributed by atoms with van der Waals surface area (Å²) in [6.07, 6.45) is 9.84. The van der Waals surface area contributed by atoms with E-state index >= 15 is 0 Å². The molecule has 0 amide bonds. The Balaban J connectivity index is 1.71. The Morgan fingerprint density at radius 1 is 1.05 bits per heavy atom. The van der Waals surface area contributed by atoms with E-state index < -0.39 is 0 Å². The van der Waals surface area contributed by atoms with Crippen LogP contribution in [0.2, 0.25) is 0 Å². The summed E-state index contributed by atoms with van der Waals surface area (Å²) < 4.78 is 0. The van der Waals surface area contributed by atoms with E-state index in [1.54, 1.807) is 0 Å². The molecule has 0 bridgehead atoms. The van der Waals surface area contributed by atoms with Crippen LogP contribution in [-0.4, -0.2) is 36.6 Å². The highest BCUT2D eigenvalue weighted by Crippen LogP contribution is 2.36. The molecule has 2 aliphatic carbocycles. The van der Waals surface area contributed by atoms with Gasteiger partial charge in [0.15, 0.2) is 0 Å². The molecule has 0 heterocycles. The monoisotopic (exact) mass is 280 g/mol. The highest BCUT2D eigenvalue weighted by atomic mass is 15.2. The van der Waals surface area contributed by atoms with Gasteiger partial charge in [0, 0.05) is 24.7 Å². The normalized spacial score (nSPS) is 30.3. The lowest BCUT2D eigenvalue weighted by atomic mass is 9.76. The van der Waals surface area contributed by atoms with Crippen LogP contribution < -0.4 is 5.32 Å². The molecule has 0 radical (unpaired) electrons. The number of hydrogen-bond acceptors (Lipinski definition) is 2. The fraction of sp³-hybridized carbons (Fsp3) is 1.00. The van der Waals surface area contributed by atoms with Gasteiger partial charge in [-0.3, -0.25) is 4.90 Å². The van der Waals surface area contributed by atoms with Crippen molar-refractivity contribution in [2.75, 3.05) is 13.6 Å². The number of nitrogens with one attached hydrogen (secondary N) is 1. The third-order valence-corrected chi connectivity index (χ3v) is 5.71. The SMILES string of the molecule is CC(CNC1CCCC(C(C)(C)C)CC1)N(C)C1CC1. The Labute approximate surface area is 126 Å². The molecule has 118 valence electrons. The first-order chi connectivity index (χ1) is 9.38. The van der Waals surface area contributed by atoms with Crippen molar-refractivity contribution in [2.24, 2.45) is 11.3 Å². The van der Waals surface area contributed by atoms with E-state index in [1.807, 2.05) is 0 Å². The van der Waals surface area contributed by atoms with Gasteiger partial charge >= 0.3 is 0 Å². The molecule has 2 saturated carbocycles. The first-order valence-corrected chi connectivity index (χ1v) is 8.83. The zero-order valence-electron chi connectivity index (χ0n) is 14.4. The zero-order valence-corrected chi connectivity index (χ0v) is 14.4. The molecule has 0 spiro atoms. The van der Waals surface area contributed by atoms with Crippen LogP contribution in [0.5, 0.6) is 0 Å². The molecule has 2 rings (SSSR count). The van der Waals surface area contributed by atoms with Crippen LogP contribution in [0.1, 0.15) is 72.6 Å². The summed E-state index contributed by atoms with van der Waals surface area (Å²) in [5, 5.41) is 3.86. The Morgan fingerprint density at radius 3 is 2.35 bits per heavy atom. The molecule has 0 saturated heterocycles. The van der Waals surface area contributed by atoms with Gasteiger partial charge in [0.2, 0.25) is 0 Å². The topological polar surface area (TPSA) is 15.3 Å². The second-order valence-electron chi connectivity index (χ2n) is 8.42. The first kappa shape index (κ1) is 16.3. The molecule has 2 fully saturated rings. The lowest BCUT2D eigenvalue weighted by molar-refractivity contribution is 0.211. The number of hydrogen-bond donors (Lipinski definition) is 1. The Bertz CT molecular complexity index is 290. The summed E-state index contributed by atoms with van der Waals surface area (Å²) in [6, 6.07) is 2.33. The van der Waals surface area contributed by atoms with Crippen LogP contribution in [0, 0.1) is 11.3 Å². The quantitative estimate of drug-likeness (QED) is 0.764. The van der Waals surface area contributed by atoms with Crippen LogP contribution in [-0.2, 0) is 0 Å². The van der Waals surface area contributed by atoms with Gasteiger partial charge in [-0.1, -0.05) is 27.2 Å². The lowest BCUT2D eigenvalue weighted by Gasteiger charge is -2.30. The summed E-state index contributed by atoms with van der Waals surface area (Å²) in [4.78, 5) is 2.57. The summed E-state index contributed by atoms with van der Waals surface area (Å²) in [5.74, 6) is 0.917. The van der Waals surface area contributed by atoms with Crippen molar-refractivity contribution in [1.29, 1.82) is 0 Å². The van der Waals surface area contributed by atoms with Crippen LogP contribution in [0.15, 0.2) is 0 Å². The van der Waals surface area contributed by atoms with Crippen molar-refractivity contribution in [1.82, 2.24) is 10.2 Å². The second kappa shape index (κ2) is 6.79. The summed E-state index contributed by atoms with van der Waals surface area (Å²) in [5.41, 5.74) is 0.494. The molecular formula is C18H36N2. The fourth-order valence-corrected chi connectivity index (χ4v) is 3.69. The predicted molar refractivity (Wildman–Crippen MR) is 88.1 cm³/mol. The highest BCUT2D eigenvalue weighted by Gasteiger charge is 2.30. The maximum Gasteiger partial charge on any atom is 0.0192 e. The standard InChI is InChI=1S/C18H36N2/c1-14(20(5)17-11-12-17)13-19-16-8-6-7-15(9-10-16)18(2,3)4/h14-17,19H,6-13H2,1-5H3. The van der Waals surface area contributed by atoms with E-state index in [2.05, 4.69) is 45.0 Å². The third-order valence-electron chi connectivity index (χ3n) is 5.71. The van der Waals surface area contributed by atoms with Gasteiger partial charge in [-0.2, -0.15) is 0 Å². The molecule has 3 atom stereocenters. The Morgan fingerprint density at radius 2 is 1.75 bits per heavy atom. The smallest absolute Gasteiger partial charge is 0.0192 e. The molecule has 0 aromatic carbocycles. The number of nitrogens with zero attached hydrogens (tertiary/aromatic N) is 1. The first-order valence-electron chi connectivity index (χ1n) is 8.83. The van der Waals surface area contributed by atoms with Crippen LogP contribution >= 0.6 is 0 Å². The van der Waals surface area contributed by atoms with Gasteiger partial charge in [-0.05, 0) is 63.8 Å². The van der Waals surface area contributed by atoms with E-state index in [4.69, 9.17) is 0 Å². The average molecular weight is 281 g/mol. The Hall–Kier alpha value is -0.0800. The molecule has 0 aliphatic heterocycles. The minimum absolute atomic E-state index is 0.494. The van der Waals surface area contributed by atoms with Crippen LogP contribution in [0.3, 0.4) is 0 Å². The lowest BCUT2D eigenvalue weighted by Crippen LogP contribution is -2.42. The van der Waals surface area contributed by atoms with Crippen molar-refractivity contribution in [3.8, 4) is 0 Å². The molecular weight excluding hydrogens is 244 g/mol. The fourth-order valence-electron chi connectivity index (χ4n) is 3.69. The average Bonchev–Trinajstić information content (AvgIpc) is 3.19. The molecule has 20 heavy (non-hydrogen) atoms. The molecule has 2 nitrogen and oxygen atoms in total. The van der Waals surface area contributed by atoms with Gasteiger partial charge in [0.1, 0.15) is 0 Å². The van der Waals surface area contributed by atoms with Gasteiger partial charge in [-0.15, -0.1) is 0 Å². The minimum Gasteiger partial charge on any atom is -0.312 e. The molecule has 2 heteroatoms. The van der Waals surface area contributed by atoms with Gasteiger partial charge in [0.25, 0.3) is 0 Å². The highest BCUT2D eigenvalue weighted by molar-refractivity contribution is 4.87. The van der Waals surface area contributed by atoms with Gasteiger partial charge in [-0.25, -0.2) is 0 Å². The molecule has 1 N–H and O–H groups in total. The minimum atomic E-state index is 0.494. The summed E-state index contributed by atoms with van der Waals surface area (Å²) >= 11 is 0. The molecule has 0 aromatic heterocycles. The van der Waals surface area contributed by atoms with Crippen molar-refractivity contribution in [3.05, 3.63) is 0 Å². The van der Waals surface area contributed by atoms with E-state index in [1.165, 1.54) is 44.9 Å². The zero-order chi connectivity index (χ0) is 14.8. The van der Waals surface area contributed by atoms with Gasteiger partial charge < -0.3 is 5.32 Å². The van der Waals surface area contributed by atoms with Crippen molar-refractivity contribution in [2.45, 2.75) is 90.8 Å². The molecule has 3 unspecified atom stereocenters. The van der Waals surface area contributed by atoms with E-state index in [-0.39, 0.29) is 0 Å². The van der Waals surface area contributed by atoms with Crippen molar-refractivity contribution in [3.63, 3.8) is 0 Å². The van der Waals surface area contributed by atoms with Gasteiger partial charge in [0.05, 0.1) is 0 Å². The Kier molecular flexibility index (Phi) is 5.53. The largest absolute Gasteiger partial charge is 0.312 e. The van der Waals surface area contributed by atoms with E-state index in [0.717, 1.165) is 24.5 Å². The summed E-state index contributed by atoms with van der Waals surface area (Å²) in [6.45, 7) is 10.8. The van der Waals surface area contributed by atoms with Crippen LogP contribution in [0.25, 0.3) is 0 Å². The molecule has 2 aliphatic rings. The maximum atomic E-state index is 3.86. The van der Waals surface area contributed by atoms with Crippen molar-refractivity contribution < 1.29 is 0 Å². The van der Waals surface area contributed by atoms with E-state index in [9.17, 15) is 0 Å². The predicted octanol–water partition coefficient (Wildman–Crippen LogP) is 4.05. The molecule has 0 aromatic rings. The number of rotatable bonds is 5. The van der Waals surface area contributed by atoms with E-state index in [0.29, 0.717) is 11.5 Å². The maximum absolute atomic E-state index is 3.86. The van der Waals surface area contributed by atoms with Crippen LogP contribution in [0.4, 0.5) is 0 Å².